The third-order valence-electron chi connectivity index (χ3n) is 3.07. The highest BCUT2D eigenvalue weighted by molar-refractivity contribution is 5.55. The minimum Gasteiger partial charge on any atom is -0.374 e. The van der Waals surface area contributed by atoms with Crippen molar-refractivity contribution in [2.45, 2.75) is 20.0 Å². The number of rotatable bonds is 3. The molecule has 0 saturated carbocycles. The molecule has 6 heteroatoms. The van der Waals surface area contributed by atoms with Gasteiger partial charge in [-0.1, -0.05) is 0 Å². The second-order valence-electron chi connectivity index (χ2n) is 4.32. The van der Waals surface area contributed by atoms with Crippen LogP contribution in [0.25, 0.3) is 0 Å². The van der Waals surface area contributed by atoms with Crippen LogP contribution in [0.4, 0.5) is 5.82 Å². The van der Waals surface area contributed by atoms with Crippen LogP contribution in [0.3, 0.4) is 0 Å². The van der Waals surface area contributed by atoms with Crippen LogP contribution in [0.1, 0.15) is 16.8 Å². The first-order chi connectivity index (χ1) is 8.72. The molecule has 1 unspecified atom stereocenters. The lowest BCUT2D eigenvalue weighted by Gasteiger charge is -2.24. The van der Waals surface area contributed by atoms with Gasteiger partial charge in [0, 0.05) is 19.6 Å². The van der Waals surface area contributed by atoms with Crippen LogP contribution in [0.2, 0.25) is 0 Å². The van der Waals surface area contributed by atoms with E-state index in [4.69, 9.17) is 10.00 Å². The van der Waals surface area contributed by atoms with Crippen molar-refractivity contribution >= 4 is 5.82 Å². The summed E-state index contributed by atoms with van der Waals surface area (Å²) in [5, 5.41) is 23.6. The molecule has 1 aromatic rings. The van der Waals surface area contributed by atoms with E-state index in [9.17, 15) is 0 Å². The lowest BCUT2D eigenvalue weighted by Crippen LogP contribution is -2.42. The monoisotopic (exact) mass is 247 g/mol. The van der Waals surface area contributed by atoms with Gasteiger partial charge in [0.15, 0.2) is 5.82 Å². The molecule has 2 heterocycles. The van der Waals surface area contributed by atoms with Gasteiger partial charge in [0.05, 0.1) is 18.4 Å². The highest BCUT2D eigenvalue weighted by Crippen LogP contribution is 2.17. The molecule has 1 fully saturated rings. The minimum absolute atomic E-state index is 0.105. The van der Waals surface area contributed by atoms with Gasteiger partial charge < -0.3 is 15.4 Å². The summed E-state index contributed by atoms with van der Waals surface area (Å²) in [5.41, 5.74) is 2.22. The smallest absolute Gasteiger partial charge is 0.167 e. The van der Waals surface area contributed by atoms with Gasteiger partial charge in [0.2, 0.25) is 0 Å². The molecule has 18 heavy (non-hydrogen) atoms. The highest BCUT2D eigenvalue weighted by Gasteiger charge is 2.15. The van der Waals surface area contributed by atoms with Gasteiger partial charge in [-0.3, -0.25) is 0 Å². The molecule has 0 spiro atoms. The fraction of sp³-hybridized carbons (Fsp3) is 0.583. The fourth-order valence-corrected chi connectivity index (χ4v) is 1.83. The predicted octanol–water partition coefficient (Wildman–Crippen LogP) is 0.365. The zero-order valence-electron chi connectivity index (χ0n) is 10.7. The van der Waals surface area contributed by atoms with E-state index in [1.54, 1.807) is 0 Å². The van der Waals surface area contributed by atoms with Crippen LogP contribution in [0, 0.1) is 25.2 Å². The summed E-state index contributed by atoms with van der Waals surface area (Å²) in [6, 6.07) is 2.17. The maximum atomic E-state index is 9.16. The van der Waals surface area contributed by atoms with Gasteiger partial charge in [0.1, 0.15) is 11.6 Å². The number of nitrogens with zero attached hydrogens (tertiary/aromatic N) is 3. The average molecular weight is 247 g/mol. The van der Waals surface area contributed by atoms with E-state index in [0.717, 1.165) is 31.0 Å². The van der Waals surface area contributed by atoms with Crippen molar-refractivity contribution < 1.29 is 4.74 Å². The third-order valence-corrected chi connectivity index (χ3v) is 3.07. The quantitative estimate of drug-likeness (QED) is 0.802. The Balaban J connectivity index is 2.05. The van der Waals surface area contributed by atoms with E-state index in [-0.39, 0.29) is 6.10 Å². The van der Waals surface area contributed by atoms with Gasteiger partial charge >= 0.3 is 0 Å². The summed E-state index contributed by atoms with van der Waals surface area (Å²) in [6.45, 7) is 6.78. The number of nitriles is 1. The zero-order chi connectivity index (χ0) is 13.0. The Morgan fingerprint density at radius 2 is 2.33 bits per heavy atom. The van der Waals surface area contributed by atoms with Crippen molar-refractivity contribution in [1.29, 1.82) is 5.26 Å². The SMILES string of the molecule is Cc1nnc(NCC2CNCCO2)c(C#N)c1C. The average Bonchev–Trinajstić information content (AvgIpc) is 2.41. The third kappa shape index (κ3) is 2.75. The second-order valence-corrected chi connectivity index (χ2v) is 4.32. The van der Waals surface area contributed by atoms with Crippen molar-refractivity contribution in [3.63, 3.8) is 0 Å². The Bertz CT molecular complexity index is 462. The maximum absolute atomic E-state index is 9.16. The number of hydrogen-bond acceptors (Lipinski definition) is 6. The summed E-state index contributed by atoms with van der Waals surface area (Å²) in [4.78, 5) is 0. The molecule has 0 radical (unpaired) electrons. The Morgan fingerprint density at radius 3 is 3.00 bits per heavy atom. The largest absolute Gasteiger partial charge is 0.374 e. The summed E-state index contributed by atoms with van der Waals surface area (Å²) in [6.07, 6.45) is 0.105. The second kappa shape index (κ2) is 5.76. The van der Waals surface area contributed by atoms with Crippen molar-refractivity contribution in [3.8, 4) is 6.07 Å². The molecule has 2 rings (SSSR count). The van der Waals surface area contributed by atoms with E-state index < -0.39 is 0 Å². The van der Waals surface area contributed by atoms with Crippen molar-refractivity contribution in [2.75, 3.05) is 31.6 Å². The molecule has 0 bridgehead atoms. The minimum atomic E-state index is 0.105. The van der Waals surface area contributed by atoms with Gasteiger partial charge in [-0.15, -0.1) is 5.10 Å². The first-order valence-corrected chi connectivity index (χ1v) is 6.02. The Morgan fingerprint density at radius 1 is 1.50 bits per heavy atom. The van der Waals surface area contributed by atoms with Gasteiger partial charge in [-0.2, -0.15) is 10.4 Å². The Hall–Kier alpha value is -1.71. The van der Waals surface area contributed by atoms with Crippen LogP contribution in [0.15, 0.2) is 0 Å². The molecule has 1 aliphatic heterocycles. The Labute approximate surface area is 106 Å². The fourth-order valence-electron chi connectivity index (χ4n) is 1.83. The lowest BCUT2D eigenvalue weighted by atomic mass is 10.1. The molecular weight excluding hydrogens is 230 g/mol. The normalized spacial score (nSPS) is 19.3. The van der Waals surface area contributed by atoms with E-state index >= 15 is 0 Å². The Kier molecular flexibility index (Phi) is 4.07. The van der Waals surface area contributed by atoms with Crippen molar-refractivity contribution in [1.82, 2.24) is 15.5 Å². The van der Waals surface area contributed by atoms with Gasteiger partial charge in [-0.25, -0.2) is 0 Å². The molecule has 96 valence electrons. The summed E-state index contributed by atoms with van der Waals surface area (Å²) < 4.78 is 5.57. The molecule has 6 nitrogen and oxygen atoms in total. The maximum Gasteiger partial charge on any atom is 0.167 e. The molecule has 1 aliphatic rings. The molecule has 0 aromatic carbocycles. The molecule has 1 atom stereocenters. The number of hydrogen-bond donors (Lipinski definition) is 2. The number of morpholine rings is 1. The zero-order valence-corrected chi connectivity index (χ0v) is 10.7. The molecule has 1 aromatic heterocycles. The first-order valence-electron chi connectivity index (χ1n) is 6.02. The number of aromatic nitrogens is 2. The van der Waals surface area contributed by atoms with Gasteiger partial charge in [-0.05, 0) is 19.4 Å². The van der Waals surface area contributed by atoms with Crippen LogP contribution < -0.4 is 10.6 Å². The van der Waals surface area contributed by atoms with E-state index in [1.807, 2.05) is 13.8 Å². The predicted molar refractivity (Wildman–Crippen MR) is 67.3 cm³/mol. The molecule has 1 saturated heterocycles. The first kappa shape index (κ1) is 12.7. The van der Waals surface area contributed by atoms with Crippen LogP contribution >= 0.6 is 0 Å². The molecular formula is C12H17N5O. The number of anilines is 1. The lowest BCUT2D eigenvalue weighted by molar-refractivity contribution is 0.0372. The number of ether oxygens (including phenoxy) is 1. The standard InChI is InChI=1S/C12H17N5O/c1-8-9(2)16-17-12(11(8)5-13)15-7-10-6-14-3-4-18-10/h10,14H,3-4,6-7H2,1-2H3,(H,15,17). The van der Waals surface area contributed by atoms with Gasteiger partial charge in [0.25, 0.3) is 0 Å². The van der Waals surface area contributed by atoms with Crippen LogP contribution in [-0.2, 0) is 4.74 Å². The topological polar surface area (TPSA) is 82.9 Å². The molecule has 0 amide bonds. The molecule has 0 aliphatic carbocycles. The molecule has 2 N–H and O–H groups in total. The van der Waals surface area contributed by atoms with Crippen LogP contribution in [-0.4, -0.2) is 42.5 Å². The number of nitrogens with one attached hydrogen (secondary N) is 2. The summed E-state index contributed by atoms with van der Waals surface area (Å²) >= 11 is 0. The highest BCUT2D eigenvalue weighted by atomic mass is 16.5. The summed E-state index contributed by atoms with van der Waals surface area (Å²) in [5.74, 6) is 0.537. The van der Waals surface area contributed by atoms with E-state index in [1.165, 1.54) is 0 Å². The van der Waals surface area contributed by atoms with E-state index in [0.29, 0.717) is 17.9 Å². The van der Waals surface area contributed by atoms with Crippen LogP contribution in [0.5, 0.6) is 0 Å². The summed E-state index contributed by atoms with van der Waals surface area (Å²) in [7, 11) is 0. The van der Waals surface area contributed by atoms with Crippen molar-refractivity contribution in [3.05, 3.63) is 16.8 Å². The number of aryl methyl sites for hydroxylation is 1. The van der Waals surface area contributed by atoms with E-state index in [2.05, 4.69) is 26.9 Å². The van der Waals surface area contributed by atoms with Crippen molar-refractivity contribution in [2.24, 2.45) is 0 Å².